The van der Waals surface area contributed by atoms with E-state index in [0.29, 0.717) is 16.5 Å². The van der Waals surface area contributed by atoms with Crippen LogP contribution in [0.5, 0.6) is 5.75 Å². The molecule has 6 nitrogen and oxygen atoms in total. The summed E-state index contributed by atoms with van der Waals surface area (Å²) in [5.74, 6) is -0.579. The number of carbonyl (C=O) groups is 2. The third-order valence-corrected chi connectivity index (χ3v) is 3.66. The summed E-state index contributed by atoms with van der Waals surface area (Å²) < 4.78 is 24.9. The fourth-order valence-corrected chi connectivity index (χ4v) is 2.22. The first-order valence-electron chi connectivity index (χ1n) is 7.96. The molecule has 0 fully saturated rings. The molecule has 1 rings (SSSR count). The summed E-state index contributed by atoms with van der Waals surface area (Å²) >= 11 is 3.26. The Labute approximate surface area is 155 Å². The zero-order valence-electron chi connectivity index (χ0n) is 14.9. The predicted octanol–water partition coefficient (Wildman–Crippen LogP) is 3.52. The lowest BCUT2D eigenvalue weighted by Gasteiger charge is -2.19. The van der Waals surface area contributed by atoms with E-state index in [0.717, 1.165) is 0 Å². The van der Waals surface area contributed by atoms with Crippen molar-refractivity contribution in [2.24, 2.45) is 0 Å². The molecule has 0 aliphatic heterocycles. The normalized spacial score (nSPS) is 11.0. The fraction of sp³-hybridized carbons (Fsp3) is 0.529. The lowest BCUT2D eigenvalue weighted by Crippen LogP contribution is -2.34. The number of nitrogens with one attached hydrogen (secondary N) is 2. The van der Waals surface area contributed by atoms with Crippen LogP contribution < -0.4 is 15.4 Å². The lowest BCUT2D eigenvalue weighted by atomic mass is 10.2. The molecule has 0 saturated carbocycles. The summed E-state index contributed by atoms with van der Waals surface area (Å²) in [5, 5.41) is 5.25. The summed E-state index contributed by atoms with van der Waals surface area (Å²) in [7, 11) is 0. The summed E-state index contributed by atoms with van der Waals surface area (Å²) in [6.45, 7) is 7.56. The Bertz CT molecular complexity index is 617. The van der Waals surface area contributed by atoms with Crippen LogP contribution in [0.3, 0.4) is 0 Å². The van der Waals surface area contributed by atoms with Gasteiger partial charge in [-0.3, -0.25) is 4.79 Å². The van der Waals surface area contributed by atoms with Crippen LogP contribution in [0.1, 0.15) is 39.7 Å². The predicted molar refractivity (Wildman–Crippen MR) is 96.0 cm³/mol. The van der Waals surface area contributed by atoms with Gasteiger partial charge in [-0.1, -0.05) is 22.9 Å². The molecule has 0 aliphatic rings. The molecule has 140 valence electrons. The van der Waals surface area contributed by atoms with Gasteiger partial charge >= 0.3 is 6.09 Å². The van der Waals surface area contributed by atoms with E-state index in [9.17, 15) is 14.0 Å². The van der Waals surface area contributed by atoms with Gasteiger partial charge < -0.3 is 20.1 Å². The van der Waals surface area contributed by atoms with Gasteiger partial charge in [0.2, 0.25) is 5.91 Å². The van der Waals surface area contributed by atoms with Crippen LogP contribution in [0.4, 0.5) is 9.18 Å². The molecule has 8 heteroatoms. The molecule has 1 aromatic rings. The van der Waals surface area contributed by atoms with Crippen LogP contribution in [0.2, 0.25) is 0 Å². The monoisotopic (exact) mass is 418 g/mol. The van der Waals surface area contributed by atoms with Gasteiger partial charge in [0.1, 0.15) is 12.2 Å². The number of alkyl carbamates (subject to hydrolysis) is 1. The van der Waals surface area contributed by atoms with Crippen LogP contribution in [0.25, 0.3) is 0 Å². The van der Waals surface area contributed by atoms with Gasteiger partial charge in [0.25, 0.3) is 0 Å². The average molecular weight is 419 g/mol. The number of hydrogen-bond acceptors (Lipinski definition) is 4. The zero-order valence-corrected chi connectivity index (χ0v) is 16.5. The van der Waals surface area contributed by atoms with Crippen LogP contribution >= 0.6 is 15.9 Å². The highest BCUT2D eigenvalue weighted by atomic mass is 79.9. The van der Waals surface area contributed by atoms with Crippen molar-refractivity contribution in [3.05, 3.63) is 28.0 Å². The van der Waals surface area contributed by atoms with Crippen LogP contribution in [-0.4, -0.2) is 30.8 Å². The van der Waals surface area contributed by atoms with E-state index in [1.54, 1.807) is 27.7 Å². The van der Waals surface area contributed by atoms with Gasteiger partial charge in [0, 0.05) is 17.4 Å². The van der Waals surface area contributed by atoms with E-state index in [-0.39, 0.29) is 31.4 Å². The van der Waals surface area contributed by atoms with Crippen molar-refractivity contribution in [2.45, 2.75) is 46.3 Å². The lowest BCUT2D eigenvalue weighted by molar-refractivity contribution is -0.120. The van der Waals surface area contributed by atoms with E-state index >= 15 is 0 Å². The Kier molecular flexibility index (Phi) is 8.15. The van der Waals surface area contributed by atoms with Gasteiger partial charge in [-0.2, -0.15) is 0 Å². The molecule has 0 aliphatic carbocycles. The number of hydrogen-bond donors (Lipinski definition) is 2. The standard InChI is InChI=1S/C17H24BrFN2O4/c1-5-15(22)21-10-11-8-14(13(19)9-12(11)18)24-7-6-20-16(23)25-17(2,3)4/h8-9H,5-7,10H2,1-4H3,(H,20,23)(H,21,22). The highest BCUT2D eigenvalue weighted by Crippen LogP contribution is 2.26. The second-order valence-electron chi connectivity index (χ2n) is 6.28. The second-order valence-corrected chi connectivity index (χ2v) is 7.14. The molecule has 0 radical (unpaired) electrons. The average Bonchev–Trinajstić information content (AvgIpc) is 2.50. The number of ether oxygens (including phenoxy) is 2. The summed E-state index contributed by atoms with van der Waals surface area (Å²) in [4.78, 5) is 22.8. The van der Waals surface area contributed by atoms with Crippen molar-refractivity contribution in [3.8, 4) is 5.75 Å². The number of benzene rings is 1. The second kappa shape index (κ2) is 9.60. The molecule has 0 saturated heterocycles. The van der Waals surface area contributed by atoms with Crippen LogP contribution in [0, 0.1) is 5.82 Å². The van der Waals surface area contributed by atoms with Gasteiger partial charge in [-0.15, -0.1) is 0 Å². The fourth-order valence-electron chi connectivity index (χ4n) is 1.76. The Morgan fingerprint density at radius 3 is 2.52 bits per heavy atom. The molecule has 0 unspecified atom stereocenters. The van der Waals surface area contributed by atoms with Crippen molar-refractivity contribution >= 4 is 27.9 Å². The van der Waals surface area contributed by atoms with Gasteiger partial charge in [-0.05, 0) is 38.5 Å². The minimum atomic E-state index is -0.583. The van der Waals surface area contributed by atoms with E-state index in [1.807, 2.05) is 0 Å². The largest absolute Gasteiger partial charge is 0.489 e. The van der Waals surface area contributed by atoms with Crippen molar-refractivity contribution in [3.63, 3.8) is 0 Å². The van der Waals surface area contributed by atoms with Crippen molar-refractivity contribution in [1.82, 2.24) is 10.6 Å². The maximum Gasteiger partial charge on any atom is 0.407 e. The maximum absolute atomic E-state index is 13.9. The van der Waals surface area contributed by atoms with E-state index in [4.69, 9.17) is 9.47 Å². The summed E-state index contributed by atoms with van der Waals surface area (Å²) in [6.07, 6.45) is -0.186. The Morgan fingerprint density at radius 2 is 1.92 bits per heavy atom. The molecule has 25 heavy (non-hydrogen) atoms. The molecular formula is C17H24BrFN2O4. The quantitative estimate of drug-likeness (QED) is 0.664. The SMILES string of the molecule is CCC(=O)NCc1cc(OCCNC(=O)OC(C)(C)C)c(F)cc1Br. The Balaban J connectivity index is 2.55. The molecule has 0 heterocycles. The first kappa shape index (κ1) is 21.2. The summed E-state index contributed by atoms with van der Waals surface area (Å²) in [6, 6.07) is 2.80. The van der Waals surface area contributed by atoms with Crippen molar-refractivity contribution < 1.29 is 23.5 Å². The molecular weight excluding hydrogens is 395 g/mol. The molecule has 0 bridgehead atoms. The number of halogens is 2. The van der Waals surface area contributed by atoms with E-state index < -0.39 is 17.5 Å². The highest BCUT2D eigenvalue weighted by molar-refractivity contribution is 9.10. The van der Waals surface area contributed by atoms with E-state index in [2.05, 4.69) is 26.6 Å². The summed E-state index contributed by atoms with van der Waals surface area (Å²) in [5.41, 5.74) is 0.110. The van der Waals surface area contributed by atoms with Gasteiger partial charge in [-0.25, -0.2) is 9.18 Å². The molecule has 0 spiro atoms. The Morgan fingerprint density at radius 1 is 1.24 bits per heavy atom. The van der Waals surface area contributed by atoms with Gasteiger partial charge in [0.15, 0.2) is 11.6 Å². The number of amides is 2. The minimum Gasteiger partial charge on any atom is -0.489 e. The zero-order chi connectivity index (χ0) is 19.0. The Hall–Kier alpha value is -1.83. The molecule has 2 N–H and O–H groups in total. The first-order chi connectivity index (χ1) is 11.6. The third-order valence-electron chi connectivity index (χ3n) is 2.93. The highest BCUT2D eigenvalue weighted by Gasteiger charge is 2.16. The van der Waals surface area contributed by atoms with Crippen molar-refractivity contribution in [1.29, 1.82) is 0 Å². The smallest absolute Gasteiger partial charge is 0.407 e. The van der Waals surface area contributed by atoms with Crippen LogP contribution in [-0.2, 0) is 16.1 Å². The topological polar surface area (TPSA) is 76.7 Å². The van der Waals surface area contributed by atoms with E-state index in [1.165, 1.54) is 12.1 Å². The number of rotatable bonds is 7. The third kappa shape index (κ3) is 8.20. The first-order valence-corrected chi connectivity index (χ1v) is 8.76. The minimum absolute atomic E-state index is 0.0509. The van der Waals surface area contributed by atoms with Crippen LogP contribution in [0.15, 0.2) is 16.6 Å². The maximum atomic E-state index is 13.9. The molecule has 0 atom stereocenters. The molecule has 0 aromatic heterocycles. The molecule has 1 aromatic carbocycles. The van der Waals surface area contributed by atoms with Crippen molar-refractivity contribution in [2.75, 3.05) is 13.2 Å². The number of carbonyl (C=O) groups excluding carboxylic acids is 2. The van der Waals surface area contributed by atoms with Gasteiger partial charge in [0.05, 0.1) is 6.54 Å². The molecule has 2 amide bonds.